The molecule has 3 aromatic heterocycles. The summed E-state index contributed by atoms with van der Waals surface area (Å²) in [5, 5.41) is 13.8. The third-order valence-corrected chi connectivity index (χ3v) is 5.31. The molecular weight excluding hydrogens is 332 g/mol. The van der Waals surface area contributed by atoms with Crippen LogP contribution >= 0.6 is 22.7 Å². The van der Waals surface area contributed by atoms with Crippen molar-refractivity contribution in [3.05, 3.63) is 45.2 Å². The number of thiazole rings is 1. The Bertz CT molecular complexity index is 782. The summed E-state index contributed by atoms with van der Waals surface area (Å²) in [7, 11) is 0. The summed E-state index contributed by atoms with van der Waals surface area (Å²) >= 11 is 3.14. The van der Waals surface area contributed by atoms with Gasteiger partial charge in [-0.25, -0.2) is 4.98 Å². The van der Waals surface area contributed by atoms with Gasteiger partial charge in [0.15, 0.2) is 0 Å². The van der Waals surface area contributed by atoms with Crippen LogP contribution in [0.3, 0.4) is 0 Å². The van der Waals surface area contributed by atoms with E-state index in [1.165, 1.54) is 0 Å². The molecule has 0 spiro atoms. The number of hydrogen-bond donors (Lipinski definition) is 1. The molecule has 1 amide bonds. The van der Waals surface area contributed by atoms with Gasteiger partial charge >= 0.3 is 0 Å². The molecular formula is C15H14N4O2S2. The highest BCUT2D eigenvalue weighted by Crippen LogP contribution is 2.28. The summed E-state index contributed by atoms with van der Waals surface area (Å²) in [6.07, 6.45) is 3.21. The number of ether oxygens (including phenoxy) is 1. The van der Waals surface area contributed by atoms with Gasteiger partial charge in [0, 0.05) is 29.1 Å². The minimum atomic E-state index is -0.149. The number of rotatable bonds is 3. The van der Waals surface area contributed by atoms with Crippen molar-refractivity contribution in [3.63, 3.8) is 0 Å². The van der Waals surface area contributed by atoms with E-state index in [9.17, 15) is 4.79 Å². The monoisotopic (exact) mass is 346 g/mol. The molecule has 1 N–H and O–H groups in total. The van der Waals surface area contributed by atoms with Gasteiger partial charge in [0.25, 0.3) is 5.91 Å². The third-order valence-electron chi connectivity index (χ3n) is 3.76. The van der Waals surface area contributed by atoms with Crippen molar-refractivity contribution in [1.82, 2.24) is 20.1 Å². The second-order valence-electron chi connectivity index (χ2n) is 5.15. The van der Waals surface area contributed by atoms with Gasteiger partial charge < -0.3 is 9.64 Å². The van der Waals surface area contributed by atoms with Crippen LogP contribution in [-0.4, -0.2) is 45.7 Å². The molecule has 0 radical (unpaired) electrons. The van der Waals surface area contributed by atoms with Crippen LogP contribution in [0.4, 0.5) is 0 Å². The lowest BCUT2D eigenvalue weighted by Gasteiger charge is -2.32. The van der Waals surface area contributed by atoms with Crippen molar-refractivity contribution < 1.29 is 9.53 Å². The molecule has 1 unspecified atom stereocenters. The van der Waals surface area contributed by atoms with Crippen molar-refractivity contribution in [2.24, 2.45) is 0 Å². The van der Waals surface area contributed by atoms with E-state index < -0.39 is 0 Å². The molecule has 6 nitrogen and oxygen atoms in total. The Morgan fingerprint density at radius 2 is 2.39 bits per heavy atom. The van der Waals surface area contributed by atoms with E-state index in [4.69, 9.17) is 4.74 Å². The number of nitrogens with one attached hydrogen (secondary N) is 1. The van der Waals surface area contributed by atoms with Crippen LogP contribution in [0.1, 0.15) is 21.5 Å². The number of carbonyl (C=O) groups is 1. The van der Waals surface area contributed by atoms with E-state index in [2.05, 4.69) is 15.2 Å². The standard InChI is InChI=1S/C15H14N4O2S2/c20-15(11-7-17-18-13(11)10-1-5-22-9-10)19-3-4-21-12(8-19)14-16-2-6-23-14/h1-2,5-7,9,12H,3-4,8H2,(H,17,18). The fourth-order valence-corrected chi connectivity index (χ4v) is 3.95. The Hall–Kier alpha value is -2.03. The normalized spacial score (nSPS) is 18.3. The lowest BCUT2D eigenvalue weighted by Crippen LogP contribution is -2.42. The first kappa shape index (κ1) is 14.6. The molecule has 0 saturated carbocycles. The average Bonchev–Trinajstić information content (AvgIpc) is 3.35. The van der Waals surface area contributed by atoms with Gasteiger partial charge in [0.2, 0.25) is 0 Å². The molecule has 3 aromatic rings. The molecule has 4 rings (SSSR count). The Morgan fingerprint density at radius 3 is 3.17 bits per heavy atom. The Labute approximate surface area is 140 Å². The zero-order chi connectivity index (χ0) is 15.6. The van der Waals surface area contributed by atoms with E-state index in [1.807, 2.05) is 27.1 Å². The maximum atomic E-state index is 12.9. The number of hydrogen-bond acceptors (Lipinski definition) is 6. The molecule has 1 aliphatic rings. The summed E-state index contributed by atoms with van der Waals surface area (Å²) in [4.78, 5) is 19.0. The minimum absolute atomic E-state index is 0.0233. The summed E-state index contributed by atoms with van der Waals surface area (Å²) in [6, 6.07) is 1.98. The number of nitrogens with zero attached hydrogens (tertiary/aromatic N) is 3. The highest BCUT2D eigenvalue weighted by molar-refractivity contribution is 7.09. The largest absolute Gasteiger partial charge is 0.367 e. The smallest absolute Gasteiger partial charge is 0.257 e. The van der Waals surface area contributed by atoms with Gasteiger partial charge in [-0.05, 0) is 11.4 Å². The molecule has 1 fully saturated rings. The van der Waals surface area contributed by atoms with E-state index in [0.717, 1.165) is 16.3 Å². The van der Waals surface area contributed by atoms with Crippen LogP contribution < -0.4 is 0 Å². The summed E-state index contributed by atoms with van der Waals surface area (Å²) in [6.45, 7) is 1.61. The molecule has 1 atom stereocenters. The fraction of sp³-hybridized carbons (Fsp3) is 0.267. The van der Waals surface area contributed by atoms with Crippen molar-refractivity contribution in [2.45, 2.75) is 6.10 Å². The van der Waals surface area contributed by atoms with Gasteiger partial charge in [0.05, 0.1) is 30.6 Å². The molecule has 1 aliphatic heterocycles. The average molecular weight is 346 g/mol. The quantitative estimate of drug-likeness (QED) is 0.792. The van der Waals surface area contributed by atoms with Gasteiger partial charge in [-0.15, -0.1) is 11.3 Å². The van der Waals surface area contributed by atoms with Crippen molar-refractivity contribution in [2.75, 3.05) is 19.7 Å². The van der Waals surface area contributed by atoms with Crippen LogP contribution in [0.25, 0.3) is 11.3 Å². The van der Waals surface area contributed by atoms with Crippen LogP contribution in [-0.2, 0) is 4.74 Å². The van der Waals surface area contributed by atoms with E-state index >= 15 is 0 Å². The first-order chi connectivity index (χ1) is 11.3. The Morgan fingerprint density at radius 1 is 1.43 bits per heavy atom. The first-order valence-electron chi connectivity index (χ1n) is 7.19. The summed E-state index contributed by atoms with van der Waals surface area (Å²) < 4.78 is 5.75. The zero-order valence-corrected chi connectivity index (χ0v) is 13.8. The molecule has 4 heterocycles. The molecule has 118 valence electrons. The van der Waals surface area contributed by atoms with Crippen LogP contribution in [0.2, 0.25) is 0 Å². The molecule has 0 aromatic carbocycles. The van der Waals surface area contributed by atoms with E-state index in [1.54, 1.807) is 35.1 Å². The van der Waals surface area contributed by atoms with Crippen LogP contribution in [0, 0.1) is 0 Å². The Kier molecular flexibility index (Phi) is 3.94. The van der Waals surface area contributed by atoms with Crippen molar-refractivity contribution in [3.8, 4) is 11.3 Å². The molecule has 8 heteroatoms. The van der Waals surface area contributed by atoms with Gasteiger partial charge in [-0.1, -0.05) is 0 Å². The SMILES string of the molecule is O=C(c1cn[nH]c1-c1ccsc1)N1CCOC(c2nccs2)C1. The summed E-state index contributed by atoms with van der Waals surface area (Å²) in [5.74, 6) is -0.0233. The number of morpholine rings is 1. The molecule has 1 saturated heterocycles. The van der Waals surface area contributed by atoms with E-state index in [0.29, 0.717) is 25.3 Å². The van der Waals surface area contributed by atoms with Gasteiger partial charge in [-0.3, -0.25) is 9.89 Å². The highest BCUT2D eigenvalue weighted by atomic mass is 32.1. The predicted octanol–water partition coefficient (Wildman–Crippen LogP) is 2.81. The lowest BCUT2D eigenvalue weighted by molar-refractivity contribution is -0.0228. The minimum Gasteiger partial charge on any atom is -0.367 e. The Balaban J connectivity index is 1.56. The van der Waals surface area contributed by atoms with Crippen molar-refractivity contribution in [1.29, 1.82) is 0 Å². The number of amides is 1. The maximum Gasteiger partial charge on any atom is 0.257 e. The number of H-pyrrole nitrogens is 1. The summed E-state index contributed by atoms with van der Waals surface area (Å²) in [5.41, 5.74) is 2.36. The highest BCUT2D eigenvalue weighted by Gasteiger charge is 2.29. The molecule has 0 bridgehead atoms. The van der Waals surface area contributed by atoms with Crippen molar-refractivity contribution >= 4 is 28.6 Å². The fourth-order valence-electron chi connectivity index (χ4n) is 2.62. The number of carbonyl (C=O) groups excluding carboxylic acids is 1. The van der Waals surface area contributed by atoms with Crippen LogP contribution in [0.5, 0.6) is 0 Å². The van der Waals surface area contributed by atoms with Gasteiger partial charge in [0.1, 0.15) is 11.1 Å². The van der Waals surface area contributed by atoms with E-state index in [-0.39, 0.29) is 12.0 Å². The number of aromatic amines is 1. The first-order valence-corrected chi connectivity index (χ1v) is 9.01. The second kappa shape index (κ2) is 6.23. The number of aromatic nitrogens is 3. The van der Waals surface area contributed by atoms with Gasteiger partial charge in [-0.2, -0.15) is 16.4 Å². The third kappa shape index (κ3) is 2.80. The maximum absolute atomic E-state index is 12.9. The molecule has 0 aliphatic carbocycles. The molecule has 23 heavy (non-hydrogen) atoms. The van der Waals surface area contributed by atoms with Crippen LogP contribution in [0.15, 0.2) is 34.6 Å². The zero-order valence-electron chi connectivity index (χ0n) is 12.1. The predicted molar refractivity (Wildman–Crippen MR) is 88.6 cm³/mol. The number of thiophene rings is 1. The lowest BCUT2D eigenvalue weighted by atomic mass is 10.1. The second-order valence-corrected chi connectivity index (χ2v) is 6.86. The topological polar surface area (TPSA) is 71.1 Å².